The summed E-state index contributed by atoms with van der Waals surface area (Å²) in [5, 5.41) is 11.2. The summed E-state index contributed by atoms with van der Waals surface area (Å²) in [7, 11) is 5.88. The molecule has 1 heterocycles. The van der Waals surface area contributed by atoms with Gasteiger partial charge >= 0.3 is 0 Å². The molecule has 1 N–H and O–H groups in total. The molecule has 2 saturated carbocycles. The Morgan fingerprint density at radius 2 is 2.08 bits per heavy atom. The third kappa shape index (κ3) is 2.53. The highest BCUT2D eigenvalue weighted by Crippen LogP contribution is 2.70. The quantitative estimate of drug-likeness (QED) is 0.891. The van der Waals surface area contributed by atoms with Gasteiger partial charge in [-0.3, -0.25) is 0 Å². The number of hydrogen-bond donors (Lipinski definition) is 1. The van der Waals surface area contributed by atoms with Crippen LogP contribution in [0.1, 0.15) is 50.3 Å². The van der Waals surface area contributed by atoms with E-state index in [1.807, 2.05) is 0 Å². The molecule has 2 bridgehead atoms. The molecule has 3 aliphatic rings. The Bertz CT molecular complexity index is 686. The molecule has 2 aliphatic carbocycles. The summed E-state index contributed by atoms with van der Waals surface area (Å²) in [6, 6.07) is 6.49. The van der Waals surface area contributed by atoms with Crippen LogP contribution in [-0.2, 0) is 11.3 Å². The standard InChI is InChI=1S/C22H33NO3/c1-21(2)16-11-17-19(26-9-8-22(17,12-16)20(21)24)14-6-7-18(25-5)15(10-14)13-23(3)4/h6-7,10,16-17,19-20,24H,8-9,11-13H2,1-5H3/t16-,17-,19-,20-,22?/m1/s1. The number of ether oxygens (including phenoxy) is 2. The number of aliphatic hydroxyl groups excluding tert-OH is 1. The largest absolute Gasteiger partial charge is 0.496 e. The van der Waals surface area contributed by atoms with Gasteiger partial charge in [0.2, 0.25) is 0 Å². The highest BCUT2D eigenvalue weighted by Gasteiger charge is 2.68. The van der Waals surface area contributed by atoms with Crippen LogP contribution in [-0.4, -0.2) is 43.9 Å². The maximum absolute atomic E-state index is 11.2. The van der Waals surface area contributed by atoms with Crippen molar-refractivity contribution in [1.29, 1.82) is 0 Å². The number of hydrogen-bond acceptors (Lipinski definition) is 4. The Kier molecular flexibility index (Phi) is 4.37. The summed E-state index contributed by atoms with van der Waals surface area (Å²) < 4.78 is 11.9. The second-order valence-electron chi connectivity index (χ2n) is 9.55. The van der Waals surface area contributed by atoms with Gasteiger partial charge in [-0.15, -0.1) is 0 Å². The Morgan fingerprint density at radius 1 is 1.31 bits per heavy atom. The van der Waals surface area contributed by atoms with Crippen molar-refractivity contribution >= 4 is 0 Å². The zero-order valence-electron chi connectivity index (χ0n) is 16.8. The first-order chi connectivity index (χ1) is 12.3. The predicted molar refractivity (Wildman–Crippen MR) is 102 cm³/mol. The smallest absolute Gasteiger partial charge is 0.123 e. The lowest BCUT2D eigenvalue weighted by molar-refractivity contribution is -0.164. The van der Waals surface area contributed by atoms with E-state index < -0.39 is 0 Å². The first-order valence-corrected chi connectivity index (χ1v) is 9.91. The molecule has 1 saturated heterocycles. The van der Waals surface area contributed by atoms with E-state index in [1.165, 1.54) is 17.5 Å². The highest BCUT2D eigenvalue weighted by molar-refractivity contribution is 5.39. The van der Waals surface area contributed by atoms with Gasteiger partial charge in [0.15, 0.2) is 0 Å². The van der Waals surface area contributed by atoms with Gasteiger partial charge in [0.1, 0.15) is 5.75 Å². The van der Waals surface area contributed by atoms with Crippen molar-refractivity contribution in [2.75, 3.05) is 27.8 Å². The number of aliphatic hydroxyl groups is 1. The molecule has 5 atom stereocenters. The fourth-order valence-electron chi connectivity index (χ4n) is 6.19. The van der Waals surface area contributed by atoms with Crippen LogP contribution in [0.15, 0.2) is 18.2 Å². The van der Waals surface area contributed by atoms with E-state index in [2.05, 4.69) is 51.0 Å². The molecule has 1 aliphatic heterocycles. The first-order valence-electron chi connectivity index (χ1n) is 9.91. The minimum atomic E-state index is -0.218. The van der Waals surface area contributed by atoms with Crippen molar-refractivity contribution in [3.63, 3.8) is 0 Å². The molecule has 0 aromatic heterocycles. The highest BCUT2D eigenvalue weighted by atomic mass is 16.5. The lowest BCUT2D eigenvalue weighted by atomic mass is 9.60. The van der Waals surface area contributed by atoms with Gasteiger partial charge < -0.3 is 19.5 Å². The zero-order chi connectivity index (χ0) is 18.7. The summed E-state index contributed by atoms with van der Waals surface area (Å²) in [5.41, 5.74) is 2.51. The van der Waals surface area contributed by atoms with E-state index in [0.29, 0.717) is 11.8 Å². The molecule has 0 radical (unpaired) electrons. The fourth-order valence-corrected chi connectivity index (χ4v) is 6.19. The summed E-state index contributed by atoms with van der Waals surface area (Å²) in [6.45, 7) is 6.09. The SMILES string of the molecule is COc1ccc([C@H]2OCCC34C[C@@H](C[C@H]23)C(C)(C)[C@H]4O)cc1CN(C)C. The third-order valence-corrected chi connectivity index (χ3v) is 7.55. The average molecular weight is 360 g/mol. The van der Waals surface area contributed by atoms with Crippen LogP contribution in [0, 0.1) is 22.7 Å². The molecule has 1 unspecified atom stereocenters. The molecule has 1 spiro atoms. The lowest BCUT2D eigenvalue weighted by Crippen LogP contribution is -2.51. The van der Waals surface area contributed by atoms with Crippen LogP contribution in [0.5, 0.6) is 5.75 Å². The summed E-state index contributed by atoms with van der Waals surface area (Å²) >= 11 is 0. The van der Waals surface area contributed by atoms with Crippen LogP contribution >= 0.6 is 0 Å². The topological polar surface area (TPSA) is 41.9 Å². The third-order valence-electron chi connectivity index (χ3n) is 7.55. The van der Waals surface area contributed by atoms with Crippen LogP contribution in [0.4, 0.5) is 0 Å². The molecule has 144 valence electrons. The zero-order valence-corrected chi connectivity index (χ0v) is 16.8. The van der Waals surface area contributed by atoms with Crippen LogP contribution < -0.4 is 4.74 Å². The number of methoxy groups -OCH3 is 1. The fraction of sp³-hybridized carbons (Fsp3) is 0.727. The van der Waals surface area contributed by atoms with Crippen molar-refractivity contribution in [1.82, 2.24) is 4.90 Å². The predicted octanol–water partition coefficient (Wildman–Crippen LogP) is 3.63. The Hall–Kier alpha value is -1.10. The van der Waals surface area contributed by atoms with Crippen molar-refractivity contribution < 1.29 is 14.6 Å². The molecule has 4 nitrogen and oxygen atoms in total. The molecule has 3 fully saturated rings. The van der Waals surface area contributed by atoms with E-state index in [0.717, 1.165) is 31.7 Å². The maximum atomic E-state index is 11.2. The van der Waals surface area contributed by atoms with Gasteiger partial charge in [-0.1, -0.05) is 19.9 Å². The number of fused-ring (bicyclic) bond motifs is 1. The van der Waals surface area contributed by atoms with Gasteiger partial charge in [-0.25, -0.2) is 0 Å². The number of nitrogens with zero attached hydrogens (tertiary/aromatic N) is 1. The van der Waals surface area contributed by atoms with Gasteiger partial charge in [0, 0.05) is 24.1 Å². The molecule has 0 amide bonds. The molecule has 26 heavy (non-hydrogen) atoms. The first kappa shape index (κ1) is 18.3. The Morgan fingerprint density at radius 3 is 2.73 bits per heavy atom. The summed E-state index contributed by atoms with van der Waals surface area (Å²) in [6.07, 6.45) is 3.20. The average Bonchev–Trinajstić information content (AvgIpc) is 3.08. The minimum Gasteiger partial charge on any atom is -0.496 e. The van der Waals surface area contributed by atoms with Crippen molar-refractivity contribution in [3.8, 4) is 5.75 Å². The van der Waals surface area contributed by atoms with Gasteiger partial charge in [-0.05, 0) is 68.3 Å². The minimum absolute atomic E-state index is 0.0361. The second kappa shape index (κ2) is 6.22. The normalized spacial score (nSPS) is 37.8. The Labute approximate surface area is 157 Å². The van der Waals surface area contributed by atoms with Crippen molar-refractivity contribution in [3.05, 3.63) is 29.3 Å². The van der Waals surface area contributed by atoms with E-state index in [9.17, 15) is 5.11 Å². The second-order valence-corrected chi connectivity index (χ2v) is 9.55. The number of benzene rings is 1. The lowest BCUT2D eigenvalue weighted by Gasteiger charge is -2.51. The van der Waals surface area contributed by atoms with Crippen LogP contribution in [0.25, 0.3) is 0 Å². The van der Waals surface area contributed by atoms with Crippen LogP contribution in [0.2, 0.25) is 0 Å². The van der Waals surface area contributed by atoms with Gasteiger partial charge in [0.05, 0.1) is 19.3 Å². The van der Waals surface area contributed by atoms with Crippen molar-refractivity contribution in [2.45, 2.75) is 51.9 Å². The maximum Gasteiger partial charge on any atom is 0.123 e. The molecule has 1 aromatic carbocycles. The van der Waals surface area contributed by atoms with Crippen molar-refractivity contribution in [2.24, 2.45) is 22.7 Å². The Balaban J connectivity index is 1.67. The molecule has 4 rings (SSSR count). The molecular weight excluding hydrogens is 326 g/mol. The van der Waals surface area contributed by atoms with Gasteiger partial charge in [-0.2, -0.15) is 0 Å². The van der Waals surface area contributed by atoms with E-state index in [-0.39, 0.29) is 23.0 Å². The van der Waals surface area contributed by atoms with Gasteiger partial charge in [0.25, 0.3) is 0 Å². The monoisotopic (exact) mass is 359 g/mol. The van der Waals surface area contributed by atoms with E-state index >= 15 is 0 Å². The summed E-state index contributed by atoms with van der Waals surface area (Å²) in [4.78, 5) is 2.16. The molecular formula is C22H33NO3. The number of rotatable bonds is 4. The molecule has 1 aromatic rings. The van der Waals surface area contributed by atoms with E-state index in [1.54, 1.807) is 7.11 Å². The van der Waals surface area contributed by atoms with Crippen LogP contribution in [0.3, 0.4) is 0 Å². The molecule has 4 heteroatoms. The summed E-state index contributed by atoms with van der Waals surface area (Å²) in [5.74, 6) is 1.96. The van der Waals surface area contributed by atoms with E-state index in [4.69, 9.17) is 9.47 Å².